The lowest BCUT2D eigenvalue weighted by atomic mass is 9.79. The minimum atomic E-state index is -0.322. The first kappa shape index (κ1) is 47.2. The van der Waals surface area contributed by atoms with Gasteiger partial charge in [0.25, 0.3) is 0 Å². The van der Waals surface area contributed by atoms with E-state index in [4.69, 9.17) is 9.97 Å². The van der Waals surface area contributed by atoms with Crippen molar-refractivity contribution in [3.63, 3.8) is 0 Å². The molecule has 0 fully saturated rings. The Kier molecular flexibility index (Phi) is 11.9. The highest BCUT2D eigenvalue weighted by atomic mass is 16.3. The number of nitrogens with zero attached hydrogens (tertiary/aromatic N) is 3. The summed E-state index contributed by atoms with van der Waals surface area (Å²) in [5.74, 6) is 0.963. The van der Waals surface area contributed by atoms with E-state index < -0.39 is 0 Å². The fraction of sp³-hybridized carbons (Fsp3) is 0.333. The fourth-order valence-electron chi connectivity index (χ4n) is 9.09. The van der Waals surface area contributed by atoms with Gasteiger partial charge < -0.3 is 5.11 Å². The van der Waals surface area contributed by atoms with E-state index in [2.05, 4.69) is 243 Å². The predicted octanol–water partition coefficient (Wildman–Crippen LogP) is 17.3. The molecule has 1 N–H and O–H groups in total. The highest BCUT2D eigenvalue weighted by Crippen LogP contribution is 2.46. The topological polar surface area (TPSA) is 50.9 Å². The van der Waals surface area contributed by atoms with Gasteiger partial charge in [-0.1, -0.05) is 188 Å². The number of hydrogen-bond acceptors (Lipinski definition) is 3. The van der Waals surface area contributed by atoms with Crippen LogP contribution in [-0.4, -0.2) is 19.6 Å². The summed E-state index contributed by atoms with van der Waals surface area (Å²) in [6, 6.07) is 46.8. The van der Waals surface area contributed by atoms with Gasteiger partial charge in [-0.15, -0.1) is 0 Å². The summed E-state index contributed by atoms with van der Waals surface area (Å²) in [7, 11) is 0. The molecule has 67 heavy (non-hydrogen) atoms. The molecule has 0 radical (unpaired) electrons. The van der Waals surface area contributed by atoms with Gasteiger partial charge >= 0.3 is 0 Å². The number of imidazole rings is 1. The van der Waals surface area contributed by atoms with Crippen LogP contribution in [0.5, 0.6) is 5.75 Å². The molecular formula is C63H71N3O. The molecule has 0 bridgehead atoms. The molecule has 0 atom stereocenters. The molecule has 0 aliphatic rings. The van der Waals surface area contributed by atoms with Crippen LogP contribution in [0.15, 0.2) is 134 Å². The van der Waals surface area contributed by atoms with Crippen LogP contribution in [0, 0.1) is 6.92 Å². The lowest BCUT2D eigenvalue weighted by Gasteiger charge is -2.27. The standard InChI is InChI=1S/C63H71N3O/c1-39-20-29-54(50(32-39)41-23-27-46(28-24-41)60(5,6)7)66-55-19-17-18-49(56(55)65-58(66)51-37-48(62(11,12)13)38-52(57(51)67)63(14,15)16)43-33-44(35-47(34-43)61(8,9)10)53-36-42(30-31-64-53)40-21-25-45(26-22-40)59(2,3)4/h17-38,67H,1-16H3. The summed E-state index contributed by atoms with van der Waals surface area (Å²) in [6.45, 7) is 35.7. The average Bonchev–Trinajstić information content (AvgIpc) is 3.64. The monoisotopic (exact) mass is 886 g/mol. The zero-order valence-corrected chi connectivity index (χ0v) is 43.0. The van der Waals surface area contributed by atoms with Gasteiger partial charge in [-0.3, -0.25) is 9.55 Å². The molecule has 4 heteroatoms. The van der Waals surface area contributed by atoms with Gasteiger partial charge in [0.1, 0.15) is 11.6 Å². The van der Waals surface area contributed by atoms with Crippen LogP contribution < -0.4 is 0 Å². The second-order valence-corrected chi connectivity index (χ2v) is 24.0. The van der Waals surface area contributed by atoms with Crippen LogP contribution in [0.2, 0.25) is 0 Å². The van der Waals surface area contributed by atoms with Gasteiger partial charge in [-0.2, -0.15) is 0 Å². The number of phenolic OH excluding ortho intramolecular Hbond substituents is 1. The Morgan fingerprint density at radius 1 is 0.433 bits per heavy atom. The van der Waals surface area contributed by atoms with E-state index in [1.54, 1.807) is 0 Å². The summed E-state index contributed by atoms with van der Waals surface area (Å²) in [4.78, 5) is 10.7. The molecule has 8 rings (SSSR count). The van der Waals surface area contributed by atoms with E-state index in [0.29, 0.717) is 5.82 Å². The molecule has 4 nitrogen and oxygen atoms in total. The molecule has 2 aromatic heterocycles. The molecule has 0 saturated carbocycles. The van der Waals surface area contributed by atoms with Crippen LogP contribution in [0.4, 0.5) is 0 Å². The molecule has 344 valence electrons. The average molecular weight is 886 g/mol. The van der Waals surface area contributed by atoms with Crippen LogP contribution in [0.1, 0.15) is 137 Å². The van der Waals surface area contributed by atoms with E-state index in [-0.39, 0.29) is 32.8 Å². The summed E-state index contributed by atoms with van der Waals surface area (Å²) >= 11 is 0. The molecule has 2 heterocycles. The summed E-state index contributed by atoms with van der Waals surface area (Å²) in [6.07, 6.45) is 1.93. The minimum Gasteiger partial charge on any atom is -0.507 e. The largest absolute Gasteiger partial charge is 0.507 e. The Morgan fingerprint density at radius 3 is 1.58 bits per heavy atom. The van der Waals surface area contributed by atoms with Gasteiger partial charge in [0.2, 0.25) is 0 Å². The number of aromatic nitrogens is 3. The van der Waals surface area contributed by atoms with E-state index in [0.717, 1.165) is 72.5 Å². The lowest BCUT2D eigenvalue weighted by Crippen LogP contribution is -2.17. The molecule has 8 aromatic rings. The highest BCUT2D eigenvalue weighted by molar-refractivity contribution is 5.98. The molecule has 0 saturated heterocycles. The van der Waals surface area contributed by atoms with Gasteiger partial charge in [0, 0.05) is 28.5 Å². The number of aromatic hydroxyl groups is 1. The summed E-state index contributed by atoms with van der Waals surface area (Å²) < 4.78 is 2.30. The Labute approximate surface area is 401 Å². The van der Waals surface area contributed by atoms with Crippen molar-refractivity contribution in [3.8, 4) is 67.5 Å². The number of hydrogen-bond donors (Lipinski definition) is 1. The maximum absolute atomic E-state index is 12.6. The van der Waals surface area contributed by atoms with E-state index in [1.165, 1.54) is 27.8 Å². The molecule has 0 spiro atoms. The van der Waals surface area contributed by atoms with Gasteiger partial charge in [-0.25, -0.2) is 4.98 Å². The van der Waals surface area contributed by atoms with Crippen molar-refractivity contribution in [3.05, 3.63) is 167 Å². The van der Waals surface area contributed by atoms with Crippen molar-refractivity contribution in [2.75, 3.05) is 0 Å². The van der Waals surface area contributed by atoms with Crippen molar-refractivity contribution in [1.29, 1.82) is 0 Å². The SMILES string of the molecule is Cc1ccc(-n2c(-c3cc(C(C)(C)C)cc(C(C)(C)C)c3O)nc3c(-c4cc(-c5cc(-c6ccc(C(C)(C)C)cc6)ccn5)cc(C(C)(C)C)c4)cccc32)c(-c2ccc(C(C)(C)C)cc2)c1. The minimum absolute atomic E-state index is 0.0276. The lowest BCUT2D eigenvalue weighted by molar-refractivity contribution is 0.446. The number of rotatable bonds is 6. The van der Waals surface area contributed by atoms with E-state index in [1.807, 2.05) is 6.20 Å². The van der Waals surface area contributed by atoms with Gasteiger partial charge in [0.05, 0.1) is 28.0 Å². The molecule has 0 aliphatic heterocycles. The smallest absolute Gasteiger partial charge is 0.149 e. The van der Waals surface area contributed by atoms with Crippen LogP contribution in [-0.2, 0) is 27.1 Å². The Morgan fingerprint density at radius 2 is 1.00 bits per heavy atom. The van der Waals surface area contributed by atoms with Gasteiger partial charge in [0.15, 0.2) is 0 Å². The Bertz CT molecular complexity index is 3130. The Balaban J connectivity index is 1.41. The fourth-order valence-corrected chi connectivity index (χ4v) is 9.09. The number of phenols is 1. The highest BCUT2D eigenvalue weighted by Gasteiger charge is 2.30. The number of fused-ring (bicyclic) bond motifs is 1. The van der Waals surface area contributed by atoms with E-state index in [9.17, 15) is 5.11 Å². The Hall–Kier alpha value is -6.26. The quantitative estimate of drug-likeness (QED) is 0.181. The van der Waals surface area contributed by atoms with Crippen LogP contribution in [0.3, 0.4) is 0 Å². The molecule has 6 aromatic carbocycles. The van der Waals surface area contributed by atoms with Crippen LogP contribution in [0.25, 0.3) is 72.7 Å². The first-order valence-electron chi connectivity index (χ1n) is 24.0. The third-order valence-corrected chi connectivity index (χ3v) is 13.4. The zero-order valence-electron chi connectivity index (χ0n) is 43.0. The molecule has 0 amide bonds. The maximum atomic E-state index is 12.6. The summed E-state index contributed by atoms with van der Waals surface area (Å²) in [5, 5.41) is 12.6. The first-order valence-corrected chi connectivity index (χ1v) is 24.0. The second-order valence-electron chi connectivity index (χ2n) is 24.0. The second kappa shape index (κ2) is 16.8. The molecule has 0 aliphatic carbocycles. The van der Waals surface area contributed by atoms with E-state index >= 15 is 0 Å². The van der Waals surface area contributed by atoms with Crippen LogP contribution >= 0.6 is 0 Å². The van der Waals surface area contributed by atoms with Gasteiger partial charge in [-0.05, 0) is 127 Å². The van der Waals surface area contributed by atoms with Crippen molar-refractivity contribution < 1.29 is 5.11 Å². The van der Waals surface area contributed by atoms with Crippen molar-refractivity contribution in [2.45, 2.75) is 138 Å². The number of benzene rings is 6. The number of aryl methyl sites for hydroxylation is 1. The van der Waals surface area contributed by atoms with Crippen molar-refractivity contribution in [1.82, 2.24) is 14.5 Å². The number of pyridine rings is 1. The number of para-hydroxylation sites is 1. The third kappa shape index (κ3) is 9.51. The molecular weight excluding hydrogens is 815 g/mol. The first-order chi connectivity index (χ1) is 31.2. The van der Waals surface area contributed by atoms with Crippen molar-refractivity contribution >= 4 is 11.0 Å². The van der Waals surface area contributed by atoms with Crippen molar-refractivity contribution in [2.24, 2.45) is 0 Å². The summed E-state index contributed by atoms with van der Waals surface area (Å²) in [5.41, 5.74) is 18.6. The molecule has 0 unspecified atom stereocenters. The zero-order chi connectivity index (χ0) is 48.6. The normalized spacial score (nSPS) is 12.8. The predicted molar refractivity (Wildman–Crippen MR) is 286 cm³/mol. The maximum Gasteiger partial charge on any atom is 0.149 e. The third-order valence-electron chi connectivity index (χ3n) is 13.4.